The highest BCUT2D eigenvalue weighted by molar-refractivity contribution is 5.94. The van der Waals surface area contributed by atoms with E-state index in [0.29, 0.717) is 24.4 Å². The number of hydrogen-bond donors (Lipinski definition) is 1. The Morgan fingerprint density at radius 1 is 1.26 bits per heavy atom. The molecule has 0 aliphatic carbocycles. The average molecular weight is 364 g/mol. The van der Waals surface area contributed by atoms with Gasteiger partial charge < -0.3 is 9.73 Å². The monoisotopic (exact) mass is 364 g/mol. The number of rotatable bonds is 5. The van der Waals surface area contributed by atoms with Gasteiger partial charge in [-0.1, -0.05) is 19.1 Å². The van der Waals surface area contributed by atoms with E-state index in [4.69, 9.17) is 4.42 Å². The molecule has 1 atom stereocenters. The lowest BCUT2D eigenvalue weighted by molar-refractivity contribution is -0.124. The van der Waals surface area contributed by atoms with Crippen LogP contribution in [-0.2, 0) is 11.3 Å². The van der Waals surface area contributed by atoms with Crippen LogP contribution in [0.2, 0.25) is 0 Å². The quantitative estimate of drug-likeness (QED) is 0.590. The molecule has 1 N–H and O–H groups in total. The van der Waals surface area contributed by atoms with Gasteiger partial charge in [0.05, 0.1) is 18.3 Å². The molecular weight excluding hydrogens is 344 g/mol. The summed E-state index contributed by atoms with van der Waals surface area (Å²) < 4.78 is 9.06. The van der Waals surface area contributed by atoms with Crippen LogP contribution in [0.5, 0.6) is 0 Å². The van der Waals surface area contributed by atoms with Crippen molar-refractivity contribution in [2.24, 2.45) is 0 Å². The fourth-order valence-corrected chi connectivity index (χ4v) is 3.49. The molecule has 1 aromatic carbocycles. The molecule has 27 heavy (non-hydrogen) atoms. The summed E-state index contributed by atoms with van der Waals surface area (Å²) in [6, 6.07) is 12.3. The number of amides is 1. The van der Waals surface area contributed by atoms with Crippen molar-refractivity contribution in [2.75, 3.05) is 0 Å². The number of nitrogens with one attached hydrogen (secondary N) is 1. The van der Waals surface area contributed by atoms with Gasteiger partial charge >= 0.3 is 0 Å². The summed E-state index contributed by atoms with van der Waals surface area (Å²) in [5.74, 6) is 0.580. The van der Waals surface area contributed by atoms with E-state index in [1.165, 1.54) is 6.07 Å². The second-order valence-corrected chi connectivity index (χ2v) is 6.45. The van der Waals surface area contributed by atoms with Gasteiger partial charge in [0.25, 0.3) is 5.56 Å². The van der Waals surface area contributed by atoms with Gasteiger partial charge in [-0.3, -0.25) is 14.3 Å². The van der Waals surface area contributed by atoms with E-state index in [-0.39, 0.29) is 11.5 Å². The lowest BCUT2D eigenvalue weighted by atomic mass is 10.2. The van der Waals surface area contributed by atoms with Crippen molar-refractivity contribution in [1.29, 1.82) is 0 Å². The van der Waals surface area contributed by atoms with Crippen molar-refractivity contribution in [2.45, 2.75) is 32.9 Å². The molecule has 0 radical (unpaired) electrons. The number of fused-ring (bicyclic) bond motifs is 3. The topological polar surface area (TPSA) is 81.5 Å². The SMILES string of the molecule is CCC(C(=O)NCc1ccco1)n1c2ccccc2c2nc(=O)cc(C)n21. The number of carbonyl (C=O) groups is 1. The lowest BCUT2D eigenvalue weighted by Crippen LogP contribution is -2.33. The Morgan fingerprint density at radius 2 is 2.07 bits per heavy atom. The molecule has 0 saturated heterocycles. The lowest BCUT2D eigenvalue weighted by Gasteiger charge is -2.20. The maximum atomic E-state index is 13.0. The maximum absolute atomic E-state index is 13.0. The molecule has 0 bridgehead atoms. The Balaban J connectivity index is 1.84. The summed E-state index contributed by atoms with van der Waals surface area (Å²) in [6.45, 7) is 4.13. The molecule has 7 heteroatoms. The van der Waals surface area contributed by atoms with Crippen LogP contribution in [0.1, 0.15) is 30.8 Å². The minimum Gasteiger partial charge on any atom is -0.467 e. The van der Waals surface area contributed by atoms with Crippen molar-refractivity contribution in [3.63, 3.8) is 0 Å². The number of hydrogen-bond acceptors (Lipinski definition) is 4. The summed E-state index contributed by atoms with van der Waals surface area (Å²) in [7, 11) is 0. The van der Waals surface area contributed by atoms with Crippen molar-refractivity contribution < 1.29 is 9.21 Å². The third-order valence-electron chi connectivity index (χ3n) is 4.69. The first-order valence-corrected chi connectivity index (χ1v) is 8.90. The Kier molecular flexibility index (Phi) is 4.27. The van der Waals surface area contributed by atoms with Crippen LogP contribution in [0.4, 0.5) is 0 Å². The first kappa shape index (κ1) is 17.1. The van der Waals surface area contributed by atoms with Crippen LogP contribution in [0.25, 0.3) is 16.6 Å². The first-order chi connectivity index (χ1) is 13.1. The van der Waals surface area contributed by atoms with E-state index in [1.807, 2.05) is 53.4 Å². The fourth-order valence-electron chi connectivity index (χ4n) is 3.49. The minimum atomic E-state index is -0.453. The number of aryl methyl sites for hydroxylation is 1. The van der Waals surface area contributed by atoms with Crippen molar-refractivity contribution in [3.8, 4) is 0 Å². The average Bonchev–Trinajstić information content (AvgIpc) is 3.28. The molecule has 4 aromatic rings. The molecular formula is C20H20N4O3. The third-order valence-corrected chi connectivity index (χ3v) is 4.69. The van der Waals surface area contributed by atoms with Crippen LogP contribution >= 0.6 is 0 Å². The molecule has 1 amide bonds. The number of aromatic nitrogens is 3. The molecule has 0 fully saturated rings. The van der Waals surface area contributed by atoms with E-state index in [2.05, 4.69) is 10.3 Å². The Labute approximate surface area is 155 Å². The van der Waals surface area contributed by atoms with Gasteiger partial charge in [0.1, 0.15) is 11.8 Å². The number of para-hydroxylation sites is 1. The highest BCUT2D eigenvalue weighted by Crippen LogP contribution is 2.26. The van der Waals surface area contributed by atoms with Gasteiger partial charge in [0.15, 0.2) is 5.65 Å². The van der Waals surface area contributed by atoms with Crippen LogP contribution in [0, 0.1) is 6.92 Å². The van der Waals surface area contributed by atoms with Gasteiger partial charge in [0.2, 0.25) is 5.91 Å². The van der Waals surface area contributed by atoms with Gasteiger partial charge in [0, 0.05) is 17.1 Å². The van der Waals surface area contributed by atoms with Gasteiger partial charge in [-0.25, -0.2) is 4.52 Å². The Hall–Kier alpha value is -3.35. The van der Waals surface area contributed by atoms with Crippen LogP contribution < -0.4 is 10.9 Å². The number of furan rings is 1. The molecule has 1 unspecified atom stereocenters. The van der Waals surface area contributed by atoms with E-state index in [1.54, 1.807) is 12.3 Å². The van der Waals surface area contributed by atoms with Gasteiger partial charge in [-0.15, -0.1) is 0 Å². The third kappa shape index (κ3) is 2.91. The molecule has 0 saturated carbocycles. The van der Waals surface area contributed by atoms with Crippen molar-refractivity contribution in [1.82, 2.24) is 19.5 Å². The molecule has 3 aromatic heterocycles. The zero-order valence-electron chi connectivity index (χ0n) is 15.2. The van der Waals surface area contributed by atoms with E-state index < -0.39 is 6.04 Å². The van der Waals surface area contributed by atoms with Gasteiger partial charge in [-0.2, -0.15) is 4.98 Å². The summed E-state index contributed by atoms with van der Waals surface area (Å²) in [4.78, 5) is 29.1. The van der Waals surface area contributed by atoms with Crippen LogP contribution in [-0.4, -0.2) is 20.1 Å². The van der Waals surface area contributed by atoms with E-state index >= 15 is 0 Å². The Morgan fingerprint density at radius 3 is 2.81 bits per heavy atom. The van der Waals surface area contributed by atoms with Gasteiger partial charge in [-0.05, 0) is 37.6 Å². The zero-order valence-corrected chi connectivity index (χ0v) is 15.2. The van der Waals surface area contributed by atoms with Crippen molar-refractivity contribution in [3.05, 3.63) is 70.5 Å². The normalized spacial score (nSPS) is 12.5. The second-order valence-electron chi connectivity index (χ2n) is 6.45. The molecule has 4 rings (SSSR count). The van der Waals surface area contributed by atoms with Crippen LogP contribution in [0.15, 0.2) is 57.9 Å². The molecule has 0 spiro atoms. The van der Waals surface area contributed by atoms with E-state index in [9.17, 15) is 9.59 Å². The summed E-state index contributed by atoms with van der Waals surface area (Å²) in [5.41, 5.74) is 1.87. The predicted octanol–water partition coefficient (Wildman–Crippen LogP) is 2.82. The summed E-state index contributed by atoms with van der Waals surface area (Å²) >= 11 is 0. The summed E-state index contributed by atoms with van der Waals surface area (Å²) in [6.07, 6.45) is 2.17. The molecule has 7 nitrogen and oxygen atoms in total. The Bertz CT molecular complexity index is 1170. The second kappa shape index (κ2) is 6.75. The highest BCUT2D eigenvalue weighted by Gasteiger charge is 2.24. The van der Waals surface area contributed by atoms with Crippen LogP contribution in [0.3, 0.4) is 0 Å². The molecule has 0 aliphatic rings. The summed E-state index contributed by atoms with van der Waals surface area (Å²) in [5, 5.41) is 3.78. The fraction of sp³-hybridized carbons (Fsp3) is 0.250. The smallest absolute Gasteiger partial charge is 0.273 e. The minimum absolute atomic E-state index is 0.116. The molecule has 3 heterocycles. The number of carbonyl (C=O) groups excluding carboxylic acids is 1. The number of benzene rings is 1. The first-order valence-electron chi connectivity index (χ1n) is 8.90. The van der Waals surface area contributed by atoms with E-state index in [0.717, 1.165) is 16.6 Å². The number of nitrogens with zero attached hydrogens (tertiary/aromatic N) is 3. The molecule has 0 aliphatic heterocycles. The van der Waals surface area contributed by atoms with Crippen molar-refractivity contribution >= 4 is 22.5 Å². The predicted molar refractivity (Wildman–Crippen MR) is 102 cm³/mol. The zero-order chi connectivity index (χ0) is 19.0. The highest BCUT2D eigenvalue weighted by atomic mass is 16.3. The maximum Gasteiger partial charge on any atom is 0.273 e. The largest absolute Gasteiger partial charge is 0.467 e. The molecule has 138 valence electrons. The standard InChI is InChI=1S/C20H20N4O3/c1-3-16(20(26)21-12-14-7-6-10-27-14)24-17-9-5-4-8-15(17)19-22-18(25)11-13(2)23(19)24/h4-11,16H,3,12H2,1-2H3,(H,21,26).